The van der Waals surface area contributed by atoms with Crippen LogP contribution in [0, 0.1) is 20.2 Å². The van der Waals surface area contributed by atoms with Crippen LogP contribution in [0.25, 0.3) is 20.9 Å². The minimum atomic E-state index is -4.06. The number of hydrogen-bond acceptors (Lipinski definition) is 21. The van der Waals surface area contributed by atoms with E-state index in [1.54, 1.807) is 68.8 Å². The largest absolute Gasteiger partial charge is 0.447 e. The van der Waals surface area contributed by atoms with Crippen molar-refractivity contribution >= 4 is 101 Å². The zero-order valence-electron chi connectivity index (χ0n) is 54.3. The molecule has 2 heterocycles. The van der Waals surface area contributed by atoms with Crippen LogP contribution in [0.3, 0.4) is 0 Å². The van der Waals surface area contributed by atoms with Crippen molar-refractivity contribution in [3.8, 4) is 32.4 Å². The molecular weight excluding hydrogens is 1340 g/mol. The number of nitro benzene ring substituents is 2. The number of alkyl carbamates (subject to hydrolysis) is 2. The number of amides is 3. The fourth-order valence-corrected chi connectivity index (χ4v) is 18.1. The average molecular weight is 1420 g/mol. The Morgan fingerprint density at radius 2 is 0.927 bits per heavy atom. The van der Waals surface area contributed by atoms with Crippen LogP contribution in [0.15, 0.2) is 107 Å². The lowest BCUT2D eigenvalue weighted by Gasteiger charge is -2.52. The van der Waals surface area contributed by atoms with E-state index in [9.17, 15) is 56.2 Å². The molecule has 26 nitrogen and oxygen atoms in total. The van der Waals surface area contributed by atoms with Gasteiger partial charge in [-0.1, -0.05) is 19.6 Å². The Hall–Kier alpha value is -7.87. The van der Waals surface area contributed by atoms with Crippen LogP contribution in [0.2, 0.25) is 0 Å². The molecule has 96 heavy (non-hydrogen) atoms. The number of fused-ring (bicyclic) bond motifs is 6. The normalized spacial score (nSPS) is 20.4. The third-order valence-electron chi connectivity index (χ3n) is 16.6. The molecule has 6 aromatic rings. The Kier molecular flexibility index (Phi) is 23.5. The molecule has 31 heteroatoms. The summed E-state index contributed by atoms with van der Waals surface area (Å²) in [4.78, 5) is 78.7. The summed E-state index contributed by atoms with van der Waals surface area (Å²) in [6.45, 7) is 18.0. The van der Waals surface area contributed by atoms with Crippen molar-refractivity contribution in [3.63, 3.8) is 0 Å². The third kappa shape index (κ3) is 19.2. The summed E-state index contributed by atoms with van der Waals surface area (Å²) in [6, 6.07) is 19.6. The molecule has 0 unspecified atom stereocenters. The number of hydrogen-bond donors (Lipinski definition) is 6. The first-order valence-corrected chi connectivity index (χ1v) is 35.7. The number of aromatic nitrogens is 2. The predicted molar refractivity (Wildman–Crippen MR) is 368 cm³/mol. The lowest BCUT2D eigenvalue weighted by Crippen LogP contribution is -2.58. The van der Waals surface area contributed by atoms with E-state index in [-0.39, 0.29) is 92.1 Å². The molecule has 0 spiro atoms. The van der Waals surface area contributed by atoms with E-state index >= 15 is 0 Å². The highest BCUT2D eigenvalue weighted by Crippen LogP contribution is 2.57. The maximum atomic E-state index is 13.7. The molecule has 6 saturated carbocycles. The van der Waals surface area contributed by atoms with Gasteiger partial charge in [-0.25, -0.2) is 55.4 Å². The summed E-state index contributed by atoms with van der Waals surface area (Å²) in [5.74, 6) is 0.253. The van der Waals surface area contributed by atoms with E-state index in [0.717, 1.165) is 91.9 Å². The Labute approximate surface area is 572 Å². The minimum absolute atomic E-state index is 0. The average Bonchev–Trinajstić information content (AvgIpc) is 1.34. The van der Waals surface area contributed by atoms with Crippen molar-refractivity contribution in [1.29, 1.82) is 0 Å². The van der Waals surface area contributed by atoms with Gasteiger partial charge in [0.2, 0.25) is 20.0 Å². The van der Waals surface area contributed by atoms with E-state index in [2.05, 4.69) is 30.1 Å². The molecule has 0 aliphatic heterocycles. The number of carbonyl (C=O) groups excluding carboxylic acids is 4. The number of nitro groups is 2. The van der Waals surface area contributed by atoms with Crippen LogP contribution in [0.5, 0.6) is 11.5 Å². The van der Waals surface area contributed by atoms with Gasteiger partial charge in [-0.15, -0.1) is 22.7 Å². The Morgan fingerprint density at radius 1 is 0.562 bits per heavy atom. The number of rotatable bonds is 17. The standard InChI is InChI=1S/C32H39N5O8S2.C25H36N4O4S2.C7H4ClNO4.CH4/c1-20(2)44-29(39)35-32-15-12-31(13-16-32,14-17-32)27-33-19-25(46-27)24-11-6-21(18-26(24)47(42,43)36-30(3,4)5)34-28(38)45-23-9-7-22(8-10-23)37(40)41;1-16(2)33-22(30)28-25-11-8-24(9-12-25,10-13-25)21-27-15-19(34-21)18-7-6-17(26)14-20(18)35(31,32)29-23(3,4)5;8-7(10)13-6-3-1-5(2-4-6)9(11)12;/h6-11,18-20,36H,12-17H2,1-5H3,(H,34,38)(H,35,39);6-7,14-16,29H,8-13,26H2,1-5H3,(H,28,30);1-4H;1H4. The summed E-state index contributed by atoms with van der Waals surface area (Å²) < 4.78 is 79.6. The van der Waals surface area contributed by atoms with E-state index in [0.29, 0.717) is 21.7 Å². The van der Waals surface area contributed by atoms with Crippen LogP contribution in [-0.2, 0) is 40.4 Å². The second kappa shape index (κ2) is 29.9. The molecule has 6 aliphatic rings. The van der Waals surface area contributed by atoms with E-state index < -0.39 is 52.5 Å². The van der Waals surface area contributed by atoms with Crippen LogP contribution < -0.4 is 40.6 Å². The molecule has 0 radical (unpaired) electrons. The number of halogens is 1. The van der Waals surface area contributed by atoms with Crippen molar-refractivity contribution in [2.45, 2.75) is 209 Å². The molecular formula is C65H83ClN10O16S4. The number of sulfonamides is 2. The third-order valence-corrected chi connectivity index (χ3v) is 22.8. The molecule has 4 aromatic carbocycles. The van der Waals surface area contributed by atoms with Crippen molar-refractivity contribution in [1.82, 2.24) is 30.0 Å². The molecule has 6 aliphatic carbocycles. The first kappa shape index (κ1) is 75.5. The van der Waals surface area contributed by atoms with E-state index in [4.69, 9.17) is 41.5 Å². The quantitative estimate of drug-likeness (QED) is 0.0214. The number of nitrogens with two attached hydrogens (primary N) is 1. The second-order valence-electron chi connectivity index (χ2n) is 26.9. The van der Waals surface area contributed by atoms with Gasteiger partial charge >= 0.3 is 23.7 Å². The maximum Gasteiger partial charge on any atom is 0.417 e. The first-order chi connectivity index (χ1) is 44.3. The van der Waals surface area contributed by atoms with Crippen LogP contribution in [-0.4, -0.2) is 94.7 Å². The van der Waals surface area contributed by atoms with E-state index in [1.165, 1.54) is 72.0 Å². The SMILES string of the molecule is C.CC(C)OC(=O)NC12CCC(c3ncc(-c4ccc(N)cc4S(=O)(=O)NC(C)(C)C)s3)(CC1)CC2.CC(C)OC(=O)NC12CCC(c3ncc(-c4ccc(NC(=O)Oc5ccc([N+](=O)[O-])cc5)cc4S(=O)(=O)NC(C)(C)C)s3)(CC1)CC2.O=C(Cl)Oc1ccc([N+](=O)[O-])cc1. The van der Waals surface area contributed by atoms with Crippen LogP contribution in [0.1, 0.15) is 164 Å². The maximum absolute atomic E-state index is 13.7. The number of non-ortho nitro benzene ring substituents is 2. The number of anilines is 2. The van der Waals surface area contributed by atoms with Gasteiger partial charge in [0.05, 0.1) is 51.6 Å². The highest BCUT2D eigenvalue weighted by Gasteiger charge is 2.53. The van der Waals surface area contributed by atoms with Gasteiger partial charge in [0.25, 0.3) is 11.4 Å². The summed E-state index contributed by atoms with van der Waals surface area (Å²) in [5, 5.41) is 31.9. The second-order valence-corrected chi connectivity index (χ2v) is 32.5. The number of thiazole rings is 2. The van der Waals surface area contributed by atoms with E-state index in [1.807, 2.05) is 48.5 Å². The molecule has 12 rings (SSSR count). The highest BCUT2D eigenvalue weighted by atomic mass is 35.5. The van der Waals surface area contributed by atoms with Gasteiger partial charge in [-0.3, -0.25) is 25.5 Å². The molecule has 4 bridgehead atoms. The smallest absolute Gasteiger partial charge is 0.417 e. The summed E-state index contributed by atoms with van der Waals surface area (Å²) >= 11 is 7.94. The summed E-state index contributed by atoms with van der Waals surface area (Å²) in [7, 11) is -7.84. The van der Waals surface area contributed by atoms with Crippen molar-refractivity contribution < 1.29 is 64.8 Å². The Bertz CT molecular complexity index is 4030. The number of ether oxygens (including phenoxy) is 4. The monoisotopic (exact) mass is 1420 g/mol. The number of nitrogen functional groups attached to an aromatic ring is 1. The van der Waals surface area contributed by atoms with Gasteiger partial charge in [-0.2, -0.15) is 0 Å². The van der Waals surface area contributed by atoms with Crippen LogP contribution in [0.4, 0.5) is 41.9 Å². The number of nitrogens with one attached hydrogen (secondary N) is 5. The number of nitrogens with zero attached hydrogens (tertiary/aromatic N) is 4. The Morgan fingerprint density at radius 3 is 1.28 bits per heavy atom. The van der Waals surface area contributed by atoms with Crippen molar-refractivity contribution in [2.75, 3.05) is 11.1 Å². The summed E-state index contributed by atoms with van der Waals surface area (Å²) in [5.41, 5.74) is 4.31. The molecule has 2 aromatic heterocycles. The number of benzene rings is 4. The Balaban J connectivity index is 0.000000232. The zero-order chi connectivity index (χ0) is 69.7. The van der Waals surface area contributed by atoms with Gasteiger partial charge in [0, 0.05) is 104 Å². The number of carbonyl (C=O) groups is 4. The summed E-state index contributed by atoms with van der Waals surface area (Å²) in [6.07, 6.45) is 11.9. The highest BCUT2D eigenvalue weighted by molar-refractivity contribution is 7.90. The molecule has 0 saturated heterocycles. The van der Waals surface area contributed by atoms with Gasteiger partial charge in [-0.05, 0) is 195 Å². The van der Waals surface area contributed by atoms with Crippen LogP contribution >= 0.6 is 34.3 Å². The molecule has 0 atom stereocenters. The fraction of sp³-hybridized carbons (Fsp3) is 0.477. The van der Waals surface area contributed by atoms with Gasteiger partial charge in [0.15, 0.2) is 0 Å². The van der Waals surface area contributed by atoms with Crippen molar-refractivity contribution in [2.24, 2.45) is 0 Å². The lowest BCUT2D eigenvalue weighted by atomic mass is 9.57. The first-order valence-electron chi connectivity index (χ1n) is 30.7. The van der Waals surface area contributed by atoms with Gasteiger partial charge in [0.1, 0.15) is 11.5 Å². The molecule has 7 N–H and O–H groups in total. The molecule has 3 amide bonds. The van der Waals surface area contributed by atoms with Crippen molar-refractivity contribution in [3.05, 3.63) is 128 Å². The predicted octanol–water partition coefficient (Wildman–Crippen LogP) is 14.8. The lowest BCUT2D eigenvalue weighted by molar-refractivity contribution is -0.385. The van der Waals surface area contributed by atoms with Gasteiger partial charge < -0.3 is 35.3 Å². The molecule has 520 valence electrons. The molecule has 6 fully saturated rings. The zero-order valence-corrected chi connectivity index (χ0v) is 58.3. The topological polar surface area (TPSA) is 372 Å². The fourth-order valence-electron chi connectivity index (χ4n) is 12.1. The minimum Gasteiger partial charge on any atom is -0.447 e.